The van der Waals surface area contributed by atoms with Crippen molar-refractivity contribution >= 4 is 11.4 Å². The minimum absolute atomic E-state index is 0.740. The van der Waals surface area contributed by atoms with Crippen LogP contribution < -0.4 is 10.2 Å². The maximum Gasteiger partial charge on any atom is 0.123 e. The van der Waals surface area contributed by atoms with Gasteiger partial charge in [-0.25, -0.2) is 0 Å². The van der Waals surface area contributed by atoms with E-state index in [2.05, 4.69) is 28.2 Å². The van der Waals surface area contributed by atoms with E-state index >= 15 is 0 Å². The van der Waals surface area contributed by atoms with E-state index in [-0.39, 0.29) is 0 Å². The molecule has 0 aliphatic carbocycles. The van der Waals surface area contributed by atoms with Crippen molar-refractivity contribution in [3.63, 3.8) is 0 Å². The lowest BCUT2D eigenvalue weighted by Crippen LogP contribution is -2.16. The van der Waals surface area contributed by atoms with Crippen LogP contribution in [0.1, 0.15) is 12.7 Å². The second kappa shape index (κ2) is 5.39. The molecule has 0 bridgehead atoms. The Morgan fingerprint density at radius 3 is 3.00 bits per heavy atom. The fourth-order valence-electron chi connectivity index (χ4n) is 1.66. The Morgan fingerprint density at radius 1 is 1.41 bits per heavy atom. The minimum Gasteiger partial charge on any atom is -0.467 e. The molecule has 0 unspecified atom stereocenters. The van der Waals surface area contributed by atoms with Crippen LogP contribution >= 0.6 is 0 Å². The van der Waals surface area contributed by atoms with Gasteiger partial charge in [-0.2, -0.15) is 0 Å². The summed E-state index contributed by atoms with van der Waals surface area (Å²) < 4.78 is 5.33. The van der Waals surface area contributed by atoms with Gasteiger partial charge >= 0.3 is 0 Å². The van der Waals surface area contributed by atoms with Gasteiger partial charge in [-0.3, -0.25) is 4.98 Å². The molecule has 2 rings (SSSR count). The molecule has 0 saturated carbocycles. The zero-order valence-electron chi connectivity index (χ0n) is 10.2. The lowest BCUT2D eigenvalue weighted by molar-refractivity contribution is 0.507. The second-order valence-electron chi connectivity index (χ2n) is 3.90. The molecule has 4 heteroatoms. The van der Waals surface area contributed by atoms with E-state index in [0.29, 0.717) is 0 Å². The van der Waals surface area contributed by atoms with Gasteiger partial charge in [0.05, 0.1) is 36.6 Å². The molecule has 0 atom stereocenters. The maximum atomic E-state index is 5.33. The predicted octanol–water partition coefficient (Wildman–Crippen LogP) is 2.74. The lowest BCUT2D eigenvalue weighted by atomic mass is 10.3. The number of hydrogen-bond donors (Lipinski definition) is 1. The summed E-state index contributed by atoms with van der Waals surface area (Å²) in [5, 5.41) is 3.25. The molecule has 2 aromatic rings. The first-order chi connectivity index (χ1) is 8.29. The van der Waals surface area contributed by atoms with Gasteiger partial charge in [0.2, 0.25) is 0 Å². The SMILES string of the molecule is CCNc1cncc(N(C)Cc2ccco2)c1. The van der Waals surface area contributed by atoms with E-state index < -0.39 is 0 Å². The Kier molecular flexibility index (Phi) is 3.65. The molecule has 0 spiro atoms. The fourth-order valence-corrected chi connectivity index (χ4v) is 1.66. The zero-order chi connectivity index (χ0) is 12.1. The molecule has 1 N–H and O–H groups in total. The highest BCUT2D eigenvalue weighted by atomic mass is 16.3. The van der Waals surface area contributed by atoms with Gasteiger partial charge in [0, 0.05) is 13.6 Å². The first kappa shape index (κ1) is 11.5. The monoisotopic (exact) mass is 231 g/mol. The van der Waals surface area contributed by atoms with Crippen molar-refractivity contribution in [1.29, 1.82) is 0 Å². The molecule has 0 aliphatic rings. The lowest BCUT2D eigenvalue weighted by Gasteiger charge is -2.18. The summed E-state index contributed by atoms with van der Waals surface area (Å²) in [5.41, 5.74) is 2.11. The fraction of sp³-hybridized carbons (Fsp3) is 0.308. The molecule has 0 fully saturated rings. The highest BCUT2D eigenvalue weighted by Gasteiger charge is 2.05. The topological polar surface area (TPSA) is 41.3 Å². The van der Waals surface area contributed by atoms with E-state index in [1.54, 1.807) is 6.26 Å². The highest BCUT2D eigenvalue weighted by Crippen LogP contribution is 2.18. The highest BCUT2D eigenvalue weighted by molar-refractivity contribution is 5.55. The summed E-state index contributed by atoms with van der Waals surface area (Å²) in [7, 11) is 2.02. The molecular formula is C13H17N3O. The molecule has 2 heterocycles. The van der Waals surface area contributed by atoms with Crippen LogP contribution in [0, 0.1) is 0 Å². The molecule has 0 saturated heterocycles. The van der Waals surface area contributed by atoms with Crippen molar-refractivity contribution in [3.05, 3.63) is 42.6 Å². The molecule has 90 valence electrons. The Bertz CT molecular complexity index is 453. The minimum atomic E-state index is 0.740. The molecule has 0 aliphatic heterocycles. The van der Waals surface area contributed by atoms with Crippen molar-refractivity contribution < 1.29 is 4.42 Å². The summed E-state index contributed by atoms with van der Waals surface area (Å²) >= 11 is 0. The number of nitrogens with one attached hydrogen (secondary N) is 1. The van der Waals surface area contributed by atoms with Crippen LogP contribution in [-0.4, -0.2) is 18.6 Å². The second-order valence-corrected chi connectivity index (χ2v) is 3.90. The Labute approximate surface area is 101 Å². The number of aromatic nitrogens is 1. The summed E-state index contributed by atoms with van der Waals surface area (Å²) in [6.07, 6.45) is 5.37. The number of anilines is 2. The summed E-state index contributed by atoms with van der Waals surface area (Å²) in [4.78, 5) is 6.32. The Hall–Kier alpha value is -1.97. The first-order valence-electron chi connectivity index (χ1n) is 5.72. The van der Waals surface area contributed by atoms with E-state index in [1.165, 1.54) is 0 Å². The molecule has 17 heavy (non-hydrogen) atoms. The quantitative estimate of drug-likeness (QED) is 0.859. The third-order valence-electron chi connectivity index (χ3n) is 2.52. The van der Waals surface area contributed by atoms with Crippen molar-refractivity contribution in [2.75, 3.05) is 23.8 Å². The number of furan rings is 1. The van der Waals surface area contributed by atoms with Crippen LogP contribution in [0.4, 0.5) is 11.4 Å². The maximum absolute atomic E-state index is 5.33. The third kappa shape index (κ3) is 3.00. The predicted molar refractivity (Wildman–Crippen MR) is 69.2 cm³/mol. The molecular weight excluding hydrogens is 214 g/mol. The average Bonchev–Trinajstić information content (AvgIpc) is 2.83. The third-order valence-corrected chi connectivity index (χ3v) is 2.52. The van der Waals surface area contributed by atoms with Crippen molar-refractivity contribution in [2.45, 2.75) is 13.5 Å². The van der Waals surface area contributed by atoms with Crippen LogP contribution in [0.3, 0.4) is 0 Å². The largest absolute Gasteiger partial charge is 0.467 e. The van der Waals surface area contributed by atoms with Crippen molar-refractivity contribution in [2.24, 2.45) is 0 Å². The first-order valence-corrected chi connectivity index (χ1v) is 5.72. The molecule has 4 nitrogen and oxygen atoms in total. The van der Waals surface area contributed by atoms with Gasteiger partial charge in [-0.05, 0) is 25.1 Å². The number of nitrogens with zero attached hydrogens (tertiary/aromatic N) is 2. The summed E-state index contributed by atoms with van der Waals surface area (Å²) in [5.74, 6) is 0.946. The van der Waals surface area contributed by atoms with Crippen LogP contribution in [-0.2, 0) is 6.54 Å². The zero-order valence-corrected chi connectivity index (χ0v) is 10.2. The molecule has 0 radical (unpaired) electrons. The van der Waals surface area contributed by atoms with Gasteiger partial charge in [0.25, 0.3) is 0 Å². The summed E-state index contributed by atoms with van der Waals surface area (Å²) in [6, 6.07) is 5.95. The van der Waals surface area contributed by atoms with E-state index in [9.17, 15) is 0 Å². The average molecular weight is 231 g/mol. The standard InChI is InChI=1S/C13H17N3O/c1-3-15-11-7-12(9-14-8-11)16(2)10-13-5-4-6-17-13/h4-9,15H,3,10H2,1-2H3. The van der Waals surface area contributed by atoms with Crippen molar-refractivity contribution in [1.82, 2.24) is 4.98 Å². The molecule has 2 aromatic heterocycles. The van der Waals surface area contributed by atoms with Crippen LogP contribution in [0.15, 0.2) is 41.3 Å². The molecule has 0 amide bonds. The van der Waals surface area contributed by atoms with Crippen LogP contribution in [0.25, 0.3) is 0 Å². The van der Waals surface area contributed by atoms with Crippen molar-refractivity contribution in [3.8, 4) is 0 Å². The van der Waals surface area contributed by atoms with Gasteiger partial charge in [-0.15, -0.1) is 0 Å². The molecule has 0 aromatic carbocycles. The van der Waals surface area contributed by atoms with E-state index in [0.717, 1.165) is 30.2 Å². The van der Waals surface area contributed by atoms with E-state index in [1.807, 2.05) is 31.6 Å². The summed E-state index contributed by atoms with van der Waals surface area (Å²) in [6.45, 7) is 3.70. The smallest absolute Gasteiger partial charge is 0.123 e. The van der Waals surface area contributed by atoms with E-state index in [4.69, 9.17) is 4.42 Å². The number of hydrogen-bond acceptors (Lipinski definition) is 4. The Morgan fingerprint density at radius 2 is 2.29 bits per heavy atom. The van der Waals surface area contributed by atoms with Gasteiger partial charge in [0.1, 0.15) is 5.76 Å². The Balaban J connectivity index is 2.07. The number of pyridine rings is 1. The normalized spacial score (nSPS) is 10.2. The van der Waals surface area contributed by atoms with Gasteiger partial charge in [0.15, 0.2) is 0 Å². The van der Waals surface area contributed by atoms with Gasteiger partial charge in [-0.1, -0.05) is 0 Å². The van der Waals surface area contributed by atoms with Crippen LogP contribution in [0.2, 0.25) is 0 Å². The number of rotatable bonds is 5. The van der Waals surface area contributed by atoms with Gasteiger partial charge < -0.3 is 14.6 Å². The van der Waals surface area contributed by atoms with Crippen LogP contribution in [0.5, 0.6) is 0 Å².